The van der Waals surface area contributed by atoms with Gasteiger partial charge in [-0.15, -0.1) is 0 Å². The molecule has 1 fully saturated rings. The van der Waals surface area contributed by atoms with Gasteiger partial charge in [0, 0.05) is 17.3 Å². The van der Waals surface area contributed by atoms with Gasteiger partial charge in [-0.3, -0.25) is 0 Å². The van der Waals surface area contributed by atoms with Gasteiger partial charge in [0.25, 0.3) is 0 Å². The third-order valence-corrected chi connectivity index (χ3v) is 4.25. The molecule has 1 atom stereocenters. The molecule has 18 heavy (non-hydrogen) atoms. The van der Waals surface area contributed by atoms with Crippen molar-refractivity contribution in [2.24, 2.45) is 11.1 Å². The number of thiocarbonyl (C=S) groups is 1. The molecule has 1 aromatic carbocycles. The molecule has 2 rings (SSSR count). The first kappa shape index (κ1) is 13.3. The lowest BCUT2D eigenvalue weighted by Gasteiger charge is -2.40. The highest BCUT2D eigenvalue weighted by atomic mass is 32.1. The zero-order valence-electron chi connectivity index (χ0n) is 11.2. The largest absolute Gasteiger partial charge is 0.389 e. The minimum absolute atomic E-state index is 0.335. The van der Waals surface area contributed by atoms with Crippen LogP contribution in [0.15, 0.2) is 24.3 Å². The molecule has 0 spiro atoms. The van der Waals surface area contributed by atoms with Crippen LogP contribution in [0.2, 0.25) is 0 Å². The Bertz CT molecular complexity index is 440. The summed E-state index contributed by atoms with van der Waals surface area (Å²) in [6.07, 6.45) is 5.14. The van der Waals surface area contributed by atoms with Crippen LogP contribution in [-0.4, -0.2) is 11.0 Å². The van der Waals surface area contributed by atoms with E-state index in [0.29, 0.717) is 16.4 Å². The summed E-state index contributed by atoms with van der Waals surface area (Å²) in [5, 5.41) is 3.65. The second-order valence-electron chi connectivity index (χ2n) is 5.84. The first-order valence-electron chi connectivity index (χ1n) is 6.66. The maximum absolute atomic E-state index is 5.78. The number of nitrogens with two attached hydrogens (primary N) is 1. The molecule has 2 nitrogen and oxygen atoms in total. The van der Waals surface area contributed by atoms with E-state index in [2.05, 4.69) is 25.2 Å². The average molecular weight is 262 g/mol. The average Bonchev–Trinajstić information content (AvgIpc) is 2.32. The summed E-state index contributed by atoms with van der Waals surface area (Å²) in [7, 11) is 0. The molecule has 0 aliphatic heterocycles. The van der Waals surface area contributed by atoms with Crippen molar-refractivity contribution in [3.8, 4) is 0 Å². The van der Waals surface area contributed by atoms with Crippen molar-refractivity contribution in [1.82, 2.24) is 0 Å². The molecule has 0 saturated heterocycles. The van der Waals surface area contributed by atoms with E-state index in [-0.39, 0.29) is 0 Å². The third-order valence-electron chi connectivity index (χ3n) is 4.03. The number of rotatable bonds is 3. The summed E-state index contributed by atoms with van der Waals surface area (Å²) in [5.41, 5.74) is 8.14. The number of hydrogen-bond acceptors (Lipinski definition) is 2. The molecular formula is C15H22N2S. The molecule has 1 aliphatic carbocycles. The van der Waals surface area contributed by atoms with Crippen LogP contribution in [0.5, 0.6) is 0 Å². The Kier molecular flexibility index (Phi) is 3.91. The van der Waals surface area contributed by atoms with Crippen LogP contribution in [0.25, 0.3) is 0 Å². The monoisotopic (exact) mass is 262 g/mol. The molecular weight excluding hydrogens is 240 g/mol. The van der Waals surface area contributed by atoms with Crippen molar-refractivity contribution >= 4 is 22.9 Å². The van der Waals surface area contributed by atoms with Crippen LogP contribution in [0, 0.1) is 5.41 Å². The molecule has 0 heterocycles. The standard InChI is InChI=1S/C15H22N2S/c1-15(2)10-6-5-9-13(15)17-12-8-4-3-7-11(12)14(16)18/h3-4,7-8,13,17H,5-6,9-10H2,1-2H3,(H2,16,18). The maximum atomic E-state index is 5.78. The quantitative estimate of drug-likeness (QED) is 0.816. The van der Waals surface area contributed by atoms with Crippen LogP contribution < -0.4 is 11.1 Å². The first-order chi connectivity index (χ1) is 8.50. The van der Waals surface area contributed by atoms with Crippen molar-refractivity contribution in [1.29, 1.82) is 0 Å². The highest BCUT2D eigenvalue weighted by molar-refractivity contribution is 7.80. The van der Waals surface area contributed by atoms with Crippen LogP contribution in [0.4, 0.5) is 5.69 Å². The molecule has 98 valence electrons. The highest BCUT2D eigenvalue weighted by Gasteiger charge is 2.32. The van der Waals surface area contributed by atoms with E-state index in [1.807, 2.05) is 18.2 Å². The number of anilines is 1. The SMILES string of the molecule is CC1(C)CCCCC1Nc1ccccc1C(N)=S. The van der Waals surface area contributed by atoms with E-state index < -0.39 is 0 Å². The second-order valence-corrected chi connectivity index (χ2v) is 6.28. The Morgan fingerprint density at radius 2 is 2.06 bits per heavy atom. The Morgan fingerprint density at radius 1 is 1.33 bits per heavy atom. The zero-order chi connectivity index (χ0) is 13.2. The smallest absolute Gasteiger partial charge is 0.106 e. The summed E-state index contributed by atoms with van der Waals surface area (Å²) in [4.78, 5) is 0.465. The van der Waals surface area contributed by atoms with Crippen molar-refractivity contribution in [3.63, 3.8) is 0 Å². The maximum Gasteiger partial charge on any atom is 0.106 e. The van der Waals surface area contributed by atoms with Crippen LogP contribution >= 0.6 is 12.2 Å². The van der Waals surface area contributed by atoms with Gasteiger partial charge in [-0.25, -0.2) is 0 Å². The molecule has 0 radical (unpaired) electrons. The van der Waals surface area contributed by atoms with Gasteiger partial charge < -0.3 is 11.1 Å². The summed E-state index contributed by atoms with van der Waals surface area (Å²) >= 11 is 5.11. The Hall–Kier alpha value is -1.09. The molecule has 3 N–H and O–H groups in total. The molecule has 0 amide bonds. The van der Waals surface area contributed by atoms with E-state index in [1.165, 1.54) is 25.7 Å². The van der Waals surface area contributed by atoms with Crippen molar-refractivity contribution in [2.45, 2.75) is 45.6 Å². The first-order valence-corrected chi connectivity index (χ1v) is 7.07. The van der Waals surface area contributed by atoms with E-state index in [0.717, 1.165) is 11.3 Å². The minimum Gasteiger partial charge on any atom is -0.389 e. The minimum atomic E-state index is 0.335. The molecule has 0 aromatic heterocycles. The number of para-hydroxylation sites is 1. The third kappa shape index (κ3) is 2.83. The topological polar surface area (TPSA) is 38.0 Å². The fourth-order valence-corrected chi connectivity index (χ4v) is 2.95. The lowest BCUT2D eigenvalue weighted by molar-refractivity contribution is 0.217. The highest BCUT2D eigenvalue weighted by Crippen LogP contribution is 2.37. The van der Waals surface area contributed by atoms with E-state index in [9.17, 15) is 0 Å². The second kappa shape index (κ2) is 5.27. The van der Waals surface area contributed by atoms with E-state index >= 15 is 0 Å². The van der Waals surface area contributed by atoms with Gasteiger partial charge in [0.1, 0.15) is 4.99 Å². The van der Waals surface area contributed by atoms with Gasteiger partial charge in [-0.05, 0) is 30.4 Å². The predicted molar refractivity (Wildman–Crippen MR) is 82.0 cm³/mol. The van der Waals surface area contributed by atoms with Crippen LogP contribution in [0.3, 0.4) is 0 Å². The molecule has 3 heteroatoms. The number of nitrogens with one attached hydrogen (secondary N) is 1. The number of hydrogen-bond donors (Lipinski definition) is 2. The normalized spacial score (nSPS) is 22.4. The van der Waals surface area contributed by atoms with Gasteiger partial charge in [0.2, 0.25) is 0 Å². The van der Waals surface area contributed by atoms with Gasteiger partial charge in [0.05, 0.1) is 0 Å². The Morgan fingerprint density at radius 3 is 2.72 bits per heavy atom. The van der Waals surface area contributed by atoms with Crippen molar-refractivity contribution < 1.29 is 0 Å². The molecule has 1 unspecified atom stereocenters. The van der Waals surface area contributed by atoms with E-state index in [4.69, 9.17) is 18.0 Å². The molecule has 1 aliphatic rings. The van der Waals surface area contributed by atoms with Gasteiger partial charge >= 0.3 is 0 Å². The Balaban J connectivity index is 2.21. The molecule has 1 aromatic rings. The summed E-state index contributed by atoms with van der Waals surface area (Å²) < 4.78 is 0. The lowest BCUT2D eigenvalue weighted by Crippen LogP contribution is -2.39. The van der Waals surface area contributed by atoms with Crippen molar-refractivity contribution in [2.75, 3.05) is 5.32 Å². The predicted octanol–water partition coefficient (Wildman–Crippen LogP) is 3.70. The number of benzene rings is 1. The van der Waals surface area contributed by atoms with Gasteiger partial charge in [-0.2, -0.15) is 0 Å². The molecule has 1 saturated carbocycles. The van der Waals surface area contributed by atoms with Crippen molar-refractivity contribution in [3.05, 3.63) is 29.8 Å². The fraction of sp³-hybridized carbons (Fsp3) is 0.533. The fourth-order valence-electron chi connectivity index (χ4n) is 2.77. The van der Waals surface area contributed by atoms with Gasteiger partial charge in [0.15, 0.2) is 0 Å². The van der Waals surface area contributed by atoms with E-state index in [1.54, 1.807) is 0 Å². The van der Waals surface area contributed by atoms with Crippen LogP contribution in [0.1, 0.15) is 45.1 Å². The zero-order valence-corrected chi connectivity index (χ0v) is 12.0. The lowest BCUT2D eigenvalue weighted by atomic mass is 9.73. The van der Waals surface area contributed by atoms with Crippen LogP contribution in [-0.2, 0) is 0 Å². The molecule has 0 bridgehead atoms. The van der Waals surface area contributed by atoms with Gasteiger partial charge in [-0.1, -0.05) is 51.0 Å². The Labute approximate surface area is 115 Å². The summed E-state index contributed by atoms with van der Waals surface area (Å²) in [6.45, 7) is 4.68. The summed E-state index contributed by atoms with van der Waals surface area (Å²) in [5.74, 6) is 0. The summed E-state index contributed by atoms with van der Waals surface area (Å²) in [6, 6.07) is 8.56.